The van der Waals surface area contributed by atoms with E-state index in [2.05, 4.69) is 4.57 Å². The van der Waals surface area contributed by atoms with Crippen LogP contribution in [0.5, 0.6) is 0 Å². The number of halogens is 1. The molecular formula is C17H22FN3. The fraction of sp³-hybridized carbons (Fsp3) is 0.588. The summed E-state index contributed by atoms with van der Waals surface area (Å²) in [6, 6.07) is 5.49. The average molecular weight is 287 g/mol. The van der Waals surface area contributed by atoms with Gasteiger partial charge < -0.3 is 10.3 Å². The normalized spacial score (nSPS) is 21.8. The number of fused-ring (bicyclic) bond motifs is 1. The van der Waals surface area contributed by atoms with Gasteiger partial charge in [0, 0.05) is 24.1 Å². The molecule has 3 nitrogen and oxygen atoms in total. The Bertz CT molecular complexity index is 666. The van der Waals surface area contributed by atoms with E-state index in [0.717, 1.165) is 36.1 Å². The zero-order valence-corrected chi connectivity index (χ0v) is 12.3. The predicted octanol–water partition coefficient (Wildman–Crippen LogP) is 3.71. The van der Waals surface area contributed by atoms with Gasteiger partial charge in [-0.25, -0.2) is 9.37 Å². The summed E-state index contributed by atoms with van der Waals surface area (Å²) in [6.45, 7) is 0. The topological polar surface area (TPSA) is 43.8 Å². The van der Waals surface area contributed by atoms with Crippen molar-refractivity contribution in [2.45, 2.75) is 62.9 Å². The molecule has 2 aliphatic rings. The highest BCUT2D eigenvalue weighted by atomic mass is 19.1. The quantitative estimate of drug-likeness (QED) is 0.935. The van der Waals surface area contributed by atoms with Crippen molar-refractivity contribution < 1.29 is 4.39 Å². The molecule has 4 rings (SSSR count). The fourth-order valence-electron chi connectivity index (χ4n) is 3.73. The van der Waals surface area contributed by atoms with Gasteiger partial charge in [-0.3, -0.25) is 0 Å². The van der Waals surface area contributed by atoms with Crippen LogP contribution < -0.4 is 5.73 Å². The zero-order valence-electron chi connectivity index (χ0n) is 12.3. The predicted molar refractivity (Wildman–Crippen MR) is 81.7 cm³/mol. The molecule has 2 N–H and O–H groups in total. The Kier molecular flexibility index (Phi) is 3.03. The molecule has 2 aromatic rings. The molecule has 2 saturated carbocycles. The van der Waals surface area contributed by atoms with E-state index in [0.29, 0.717) is 6.04 Å². The molecular weight excluding hydrogens is 265 g/mol. The lowest BCUT2D eigenvalue weighted by Gasteiger charge is -2.33. The first-order valence-corrected chi connectivity index (χ1v) is 8.10. The molecule has 2 fully saturated rings. The fourth-order valence-corrected chi connectivity index (χ4v) is 3.73. The maximum atomic E-state index is 13.5. The summed E-state index contributed by atoms with van der Waals surface area (Å²) in [5.74, 6) is 0.845. The number of hydrogen-bond donors (Lipinski definition) is 1. The summed E-state index contributed by atoms with van der Waals surface area (Å²) < 4.78 is 15.8. The summed E-state index contributed by atoms with van der Waals surface area (Å²) in [4.78, 5) is 4.72. The molecule has 1 heterocycles. The van der Waals surface area contributed by atoms with Crippen LogP contribution in [-0.4, -0.2) is 15.1 Å². The zero-order chi connectivity index (χ0) is 14.4. The van der Waals surface area contributed by atoms with Gasteiger partial charge >= 0.3 is 0 Å². The minimum absolute atomic E-state index is 0.120. The highest BCUT2D eigenvalue weighted by Gasteiger charge is 2.33. The lowest BCUT2D eigenvalue weighted by atomic mass is 9.80. The highest BCUT2D eigenvalue weighted by molar-refractivity contribution is 5.76. The number of nitrogens with zero attached hydrogens (tertiary/aromatic N) is 2. The first-order valence-electron chi connectivity index (χ1n) is 8.10. The van der Waals surface area contributed by atoms with Crippen LogP contribution in [0.3, 0.4) is 0 Å². The number of nitrogens with two attached hydrogens (primary N) is 1. The second-order valence-electron chi connectivity index (χ2n) is 6.86. The molecule has 0 radical (unpaired) electrons. The Hall–Kier alpha value is -1.42. The van der Waals surface area contributed by atoms with Crippen molar-refractivity contribution in [3.05, 3.63) is 29.8 Å². The molecule has 4 heteroatoms. The van der Waals surface area contributed by atoms with Crippen molar-refractivity contribution in [3.8, 4) is 0 Å². The van der Waals surface area contributed by atoms with Crippen molar-refractivity contribution >= 4 is 11.0 Å². The molecule has 0 bridgehead atoms. The number of aromatic nitrogens is 2. The Balaban J connectivity index is 1.75. The molecule has 2 aliphatic carbocycles. The van der Waals surface area contributed by atoms with Crippen LogP contribution in [0.25, 0.3) is 11.0 Å². The third kappa shape index (κ3) is 2.46. The van der Waals surface area contributed by atoms with E-state index in [9.17, 15) is 4.39 Å². The third-order valence-corrected chi connectivity index (χ3v) is 5.00. The minimum atomic E-state index is -0.213. The van der Waals surface area contributed by atoms with E-state index in [1.807, 2.05) is 6.07 Å². The van der Waals surface area contributed by atoms with Crippen LogP contribution in [0.4, 0.5) is 4.39 Å². The highest BCUT2D eigenvalue weighted by Crippen LogP contribution is 2.40. The van der Waals surface area contributed by atoms with Crippen molar-refractivity contribution in [1.82, 2.24) is 9.55 Å². The Morgan fingerprint density at radius 2 is 2.00 bits per heavy atom. The molecule has 0 spiro atoms. The van der Waals surface area contributed by atoms with Gasteiger partial charge in [-0.05, 0) is 37.8 Å². The van der Waals surface area contributed by atoms with E-state index in [1.54, 1.807) is 6.07 Å². The van der Waals surface area contributed by atoms with Crippen molar-refractivity contribution in [1.29, 1.82) is 0 Å². The summed E-state index contributed by atoms with van der Waals surface area (Å²) in [6.07, 6.45) is 9.11. The first kappa shape index (κ1) is 13.3. The molecule has 0 saturated heterocycles. The van der Waals surface area contributed by atoms with Crippen LogP contribution >= 0.6 is 0 Å². The van der Waals surface area contributed by atoms with Gasteiger partial charge in [0.05, 0.1) is 11.0 Å². The maximum Gasteiger partial charge on any atom is 0.125 e. The van der Waals surface area contributed by atoms with Crippen LogP contribution in [0.15, 0.2) is 18.2 Å². The lowest BCUT2D eigenvalue weighted by Crippen LogP contribution is -2.44. The monoisotopic (exact) mass is 287 g/mol. The standard InChI is InChI=1S/C17H22FN3/c18-12-4-7-15-14(10-12)20-16(21(15)13-5-6-13)11-17(19)8-2-1-3-9-17/h4,7,10,13H,1-3,5-6,8-9,11,19H2. The summed E-state index contributed by atoms with van der Waals surface area (Å²) in [5.41, 5.74) is 8.32. The third-order valence-electron chi connectivity index (χ3n) is 5.00. The van der Waals surface area contributed by atoms with Crippen LogP contribution in [0.2, 0.25) is 0 Å². The second kappa shape index (κ2) is 4.80. The number of rotatable bonds is 3. The van der Waals surface area contributed by atoms with E-state index in [1.165, 1.54) is 38.2 Å². The van der Waals surface area contributed by atoms with Gasteiger partial charge in [-0.1, -0.05) is 19.3 Å². The molecule has 112 valence electrons. The molecule has 0 atom stereocenters. The van der Waals surface area contributed by atoms with E-state index in [4.69, 9.17) is 10.7 Å². The van der Waals surface area contributed by atoms with Gasteiger partial charge in [0.25, 0.3) is 0 Å². The summed E-state index contributed by atoms with van der Waals surface area (Å²) in [5, 5.41) is 0. The van der Waals surface area contributed by atoms with Gasteiger partial charge in [-0.15, -0.1) is 0 Å². The summed E-state index contributed by atoms with van der Waals surface area (Å²) >= 11 is 0. The van der Waals surface area contributed by atoms with Crippen molar-refractivity contribution in [2.24, 2.45) is 5.73 Å². The minimum Gasteiger partial charge on any atom is -0.325 e. The Labute approximate surface area is 124 Å². The lowest BCUT2D eigenvalue weighted by molar-refractivity contribution is 0.287. The SMILES string of the molecule is NC1(Cc2nc3cc(F)ccc3n2C2CC2)CCCCC1. The summed E-state index contributed by atoms with van der Waals surface area (Å²) in [7, 11) is 0. The van der Waals surface area contributed by atoms with E-state index in [-0.39, 0.29) is 11.4 Å². The van der Waals surface area contributed by atoms with Gasteiger partial charge in [0.1, 0.15) is 11.6 Å². The smallest absolute Gasteiger partial charge is 0.125 e. The first-order chi connectivity index (χ1) is 10.1. The molecule has 1 aromatic heterocycles. The molecule has 21 heavy (non-hydrogen) atoms. The second-order valence-corrected chi connectivity index (χ2v) is 6.86. The molecule has 0 aliphatic heterocycles. The van der Waals surface area contributed by atoms with E-state index < -0.39 is 0 Å². The van der Waals surface area contributed by atoms with Gasteiger partial charge in [-0.2, -0.15) is 0 Å². The molecule has 0 unspecified atom stereocenters. The van der Waals surface area contributed by atoms with Crippen molar-refractivity contribution in [2.75, 3.05) is 0 Å². The van der Waals surface area contributed by atoms with Gasteiger partial charge in [0.2, 0.25) is 0 Å². The van der Waals surface area contributed by atoms with Gasteiger partial charge in [0.15, 0.2) is 0 Å². The maximum absolute atomic E-state index is 13.5. The number of imidazole rings is 1. The molecule has 0 amide bonds. The van der Waals surface area contributed by atoms with Crippen LogP contribution in [-0.2, 0) is 6.42 Å². The van der Waals surface area contributed by atoms with E-state index >= 15 is 0 Å². The Morgan fingerprint density at radius 3 is 2.71 bits per heavy atom. The van der Waals surface area contributed by atoms with Crippen molar-refractivity contribution in [3.63, 3.8) is 0 Å². The Morgan fingerprint density at radius 1 is 1.24 bits per heavy atom. The van der Waals surface area contributed by atoms with Crippen LogP contribution in [0.1, 0.15) is 56.8 Å². The number of benzene rings is 1. The largest absolute Gasteiger partial charge is 0.325 e. The van der Waals surface area contributed by atoms with Crippen LogP contribution in [0, 0.1) is 5.82 Å². The molecule has 1 aromatic carbocycles. The number of hydrogen-bond acceptors (Lipinski definition) is 2. The average Bonchev–Trinajstić information content (AvgIpc) is 3.21.